The Morgan fingerprint density at radius 3 is 0.903 bits per heavy atom. The predicted molar refractivity (Wildman–Crippen MR) is 624 cm³/mol. The lowest BCUT2D eigenvalue weighted by molar-refractivity contribution is 0.660. The van der Waals surface area contributed by atoms with Gasteiger partial charge in [0.15, 0.2) is 0 Å². The number of aromatic nitrogens is 1. The van der Waals surface area contributed by atoms with Crippen LogP contribution in [0, 0.1) is 0 Å². The van der Waals surface area contributed by atoms with Crippen LogP contribution in [0.2, 0.25) is 13.1 Å². The van der Waals surface area contributed by atoms with Crippen molar-refractivity contribution in [2.45, 2.75) is 90.1 Å². The summed E-state index contributed by atoms with van der Waals surface area (Å²) in [6.45, 7) is 24.0. The van der Waals surface area contributed by atoms with E-state index in [2.05, 4.69) is 541 Å². The molecule has 0 unspecified atom stereocenters. The molecule has 0 saturated heterocycles. The fourth-order valence-corrected chi connectivity index (χ4v) is 30.0. The van der Waals surface area contributed by atoms with E-state index >= 15 is 0 Å². The zero-order valence-electron chi connectivity index (χ0n) is 83.8. The maximum atomic E-state index is 2.50. The van der Waals surface area contributed by atoms with Crippen molar-refractivity contribution in [1.29, 1.82) is 0 Å². The van der Waals surface area contributed by atoms with Gasteiger partial charge in [-0.15, -0.1) is 0 Å². The molecule has 0 N–H and O–H groups in total. The van der Waals surface area contributed by atoms with Crippen molar-refractivity contribution in [3.05, 3.63) is 505 Å². The summed E-state index contributed by atoms with van der Waals surface area (Å²) in [6, 6.07) is 170. The molecule has 0 fully saturated rings. The number of fused-ring (bicyclic) bond motifs is 22. The minimum absolute atomic E-state index is 0.0624. The van der Waals surface area contributed by atoms with E-state index < -0.39 is 8.07 Å². The lowest BCUT2D eigenvalue weighted by atomic mass is 9.74. The standard InChI is InChI=1S/C49H38Si.C48H35N.C46H36/c1-49(2)42-22-12-10-20-38(42)48-39(21-14-23-43(48)49)47-36-19-9-8-18-35(36)46(37-27-25-32(29-41(37)47)31-15-6-5-7-16-31)33-26-28-45-40(30-33)34-17-11-13-24-44(34)50(45,3)4;1-48(2)41-21-11-9-19-37(41)47-38(20-13-22-42(47)48)46-35-18-8-7-17-34(35)45(36-26-24-31(28-40(36)46)30-14-5-4-6-15-30)32-25-27-44-39(29-32)33-16-10-12-23-43(33)49(44)3;1-45(2)38-22-12-8-17-31(38)28-41(45)43-33-19-10-9-18-32(33)42(37-27-30(25-26-34(37)43)29-15-6-5-7-16-29)36-21-14-24-40-44(36)35-20-11-13-23-39(35)46(40,3)4/h5-30H,1-4H3;4-29H,1-3H3;5-28H,1-4H3. The Bertz CT molecular complexity index is 9640. The second-order valence-electron chi connectivity index (χ2n) is 43.5. The van der Waals surface area contributed by atoms with E-state index in [4.69, 9.17) is 0 Å². The first-order valence-corrected chi connectivity index (χ1v) is 54.6. The third-order valence-electron chi connectivity index (χ3n) is 34.0. The van der Waals surface area contributed by atoms with Gasteiger partial charge < -0.3 is 4.57 Å². The molecule has 0 atom stereocenters. The van der Waals surface area contributed by atoms with Crippen LogP contribution in [-0.2, 0) is 28.7 Å². The van der Waals surface area contributed by atoms with E-state index in [-0.39, 0.29) is 21.7 Å². The zero-order chi connectivity index (χ0) is 97.8. The average Bonchev–Trinajstić information content (AvgIpc) is 1.68. The molecule has 5 aliphatic rings. The van der Waals surface area contributed by atoms with Gasteiger partial charge in [0.2, 0.25) is 0 Å². The van der Waals surface area contributed by atoms with Crippen molar-refractivity contribution in [3.63, 3.8) is 0 Å². The number of benzene rings is 23. The summed E-state index contributed by atoms with van der Waals surface area (Å²) < 4.78 is 2.31. The molecule has 0 saturated carbocycles. The summed E-state index contributed by atoms with van der Waals surface area (Å²) in [5, 5.41) is 21.2. The summed E-state index contributed by atoms with van der Waals surface area (Å²) in [6.07, 6.45) is 2.44. The van der Waals surface area contributed by atoms with Crippen LogP contribution in [0.1, 0.15) is 105 Å². The smallest absolute Gasteiger partial charge is 0.113 e. The average molecular weight is 1870 g/mol. The molecule has 2 heteroatoms. The zero-order valence-corrected chi connectivity index (χ0v) is 84.8. The third kappa shape index (κ3) is 13.2. The Morgan fingerprint density at radius 1 is 0.172 bits per heavy atom. The molecule has 1 nitrogen and oxygen atoms in total. The fraction of sp³-hybridized carbons (Fsp3) is 0.105. The monoisotopic (exact) mass is 1870 g/mol. The number of allylic oxidation sites excluding steroid dienone is 1. The minimum atomic E-state index is -1.76. The molecule has 1 aliphatic heterocycles. The molecule has 0 radical (unpaired) electrons. The van der Waals surface area contributed by atoms with Gasteiger partial charge in [0.25, 0.3) is 0 Å². The van der Waals surface area contributed by atoms with E-state index in [9.17, 15) is 0 Å². The molecule has 4 aliphatic carbocycles. The Hall–Kier alpha value is -16.6. The van der Waals surface area contributed by atoms with Gasteiger partial charge >= 0.3 is 0 Å². The summed E-state index contributed by atoms with van der Waals surface area (Å²) in [7, 11) is 0.412. The van der Waals surface area contributed by atoms with Crippen molar-refractivity contribution in [1.82, 2.24) is 4.57 Å². The topological polar surface area (TPSA) is 4.93 Å². The number of hydrogen-bond donors (Lipinski definition) is 0. The quantitative estimate of drug-likeness (QED) is 0.100. The molecular formula is C143H109NSi. The maximum Gasteiger partial charge on any atom is 0.113 e. The Morgan fingerprint density at radius 2 is 0.469 bits per heavy atom. The molecule has 2 heterocycles. The highest BCUT2D eigenvalue weighted by molar-refractivity contribution is 7.03. The third-order valence-corrected chi connectivity index (χ3v) is 37.5. The highest BCUT2D eigenvalue weighted by Gasteiger charge is 2.44. The van der Waals surface area contributed by atoms with Crippen LogP contribution >= 0.6 is 0 Å². The Labute approximate surface area is 850 Å². The van der Waals surface area contributed by atoms with Gasteiger partial charge in [-0.25, -0.2) is 0 Å². The SMILES string of the molecule is CC1(C)C(c2c3ccccc3c(-c3cccc4c3-c3ccccc3C4(C)C)c3cc(-c4ccccc4)ccc23)=Cc2ccccc21.CC1(C)c2ccccc2-c2c(-c3c4ccccc4c(-c4ccc5c(c4)-c4ccccc4[Si]5(C)C)c4ccc(-c5ccccc5)cc34)cccc21.Cn1c2ccccc2c2cc(-c3c4ccccc4c(-c4cccc5c4-c4ccccc4C5(C)C)c4cc(-c5ccccc5)ccc34)ccc21. The molecule has 145 heavy (non-hydrogen) atoms. The first kappa shape index (κ1) is 87.4. The molecule has 1 aromatic heterocycles. The van der Waals surface area contributed by atoms with Gasteiger partial charge in [-0.05, 0) is 313 Å². The Balaban J connectivity index is 0.000000108. The summed E-state index contributed by atoms with van der Waals surface area (Å²) in [5.41, 5.74) is 47.5. The van der Waals surface area contributed by atoms with Gasteiger partial charge in [-0.2, -0.15) is 0 Å². The molecule has 0 bridgehead atoms. The second kappa shape index (κ2) is 33.0. The van der Waals surface area contributed by atoms with Crippen LogP contribution in [-0.4, -0.2) is 12.6 Å². The van der Waals surface area contributed by atoms with Crippen LogP contribution in [0.15, 0.2) is 455 Å². The molecule has 24 aromatic rings. The predicted octanol–water partition coefficient (Wildman–Crippen LogP) is 37.5. The van der Waals surface area contributed by atoms with Crippen LogP contribution in [0.5, 0.6) is 0 Å². The number of rotatable bonds is 9. The second-order valence-corrected chi connectivity index (χ2v) is 47.8. The number of hydrogen-bond acceptors (Lipinski definition) is 0. The number of nitrogens with zero attached hydrogens (tertiary/aromatic N) is 1. The molecule has 29 rings (SSSR count). The van der Waals surface area contributed by atoms with E-state index in [1.165, 1.54) is 276 Å². The van der Waals surface area contributed by atoms with Crippen LogP contribution in [0.4, 0.5) is 0 Å². The summed E-state index contributed by atoms with van der Waals surface area (Å²) in [5.74, 6) is 0. The maximum absolute atomic E-state index is 2.50. The first-order chi connectivity index (χ1) is 70.7. The summed E-state index contributed by atoms with van der Waals surface area (Å²) in [4.78, 5) is 0. The molecule has 0 amide bonds. The van der Waals surface area contributed by atoms with E-state index in [1.54, 1.807) is 10.4 Å². The van der Waals surface area contributed by atoms with E-state index in [0.29, 0.717) is 0 Å². The molecule has 690 valence electrons. The van der Waals surface area contributed by atoms with Crippen LogP contribution in [0.3, 0.4) is 0 Å². The highest BCUT2D eigenvalue weighted by Crippen LogP contribution is 2.61. The van der Waals surface area contributed by atoms with Crippen LogP contribution < -0.4 is 10.4 Å². The van der Waals surface area contributed by atoms with Gasteiger partial charge in [-0.3, -0.25) is 0 Å². The van der Waals surface area contributed by atoms with E-state index in [0.717, 1.165) is 0 Å². The van der Waals surface area contributed by atoms with Gasteiger partial charge in [0.1, 0.15) is 8.07 Å². The van der Waals surface area contributed by atoms with Crippen LogP contribution in [0.25, 0.3) is 232 Å². The number of para-hydroxylation sites is 1. The lowest BCUT2D eigenvalue weighted by Crippen LogP contribution is -2.49. The van der Waals surface area contributed by atoms with Crippen molar-refractivity contribution < 1.29 is 0 Å². The molecule has 0 spiro atoms. The van der Waals surface area contributed by atoms with Gasteiger partial charge in [-0.1, -0.05) is 481 Å². The minimum Gasteiger partial charge on any atom is -0.344 e. The largest absolute Gasteiger partial charge is 0.344 e. The van der Waals surface area contributed by atoms with Crippen molar-refractivity contribution >= 4 is 117 Å². The normalized spacial score (nSPS) is 14.5. The summed E-state index contributed by atoms with van der Waals surface area (Å²) >= 11 is 0. The fourth-order valence-electron chi connectivity index (χ4n) is 26.9. The molecule has 23 aromatic carbocycles. The van der Waals surface area contributed by atoms with E-state index in [1.807, 2.05) is 0 Å². The number of aryl methyl sites for hydroxylation is 1. The van der Waals surface area contributed by atoms with Crippen molar-refractivity contribution in [2.24, 2.45) is 7.05 Å². The molecular weight excluding hydrogens is 1760 g/mol. The van der Waals surface area contributed by atoms with Gasteiger partial charge in [0.05, 0.1) is 0 Å². The van der Waals surface area contributed by atoms with Crippen molar-refractivity contribution in [2.75, 3.05) is 0 Å². The highest BCUT2D eigenvalue weighted by atomic mass is 28.3. The van der Waals surface area contributed by atoms with Crippen molar-refractivity contribution in [3.8, 4) is 134 Å². The lowest BCUT2D eigenvalue weighted by Gasteiger charge is -2.28. The van der Waals surface area contributed by atoms with Gasteiger partial charge in [0, 0.05) is 50.5 Å². The Kier molecular flexibility index (Phi) is 19.9. The first-order valence-electron chi connectivity index (χ1n) is 51.6.